The van der Waals surface area contributed by atoms with Gasteiger partial charge in [-0.05, 0) is 47.0 Å². The summed E-state index contributed by atoms with van der Waals surface area (Å²) in [6.07, 6.45) is 0.556. The van der Waals surface area contributed by atoms with Crippen LogP contribution in [0.1, 0.15) is 25.8 Å². The molecule has 2 atom stereocenters. The van der Waals surface area contributed by atoms with Crippen LogP contribution in [0.4, 0.5) is 4.39 Å². The maximum absolute atomic E-state index is 13.2. The van der Waals surface area contributed by atoms with Gasteiger partial charge < -0.3 is 10.2 Å². The van der Waals surface area contributed by atoms with Crippen LogP contribution in [0.3, 0.4) is 0 Å². The third kappa shape index (κ3) is 2.85. The van der Waals surface area contributed by atoms with Gasteiger partial charge in [-0.15, -0.1) is 0 Å². The van der Waals surface area contributed by atoms with E-state index in [2.05, 4.69) is 21.2 Å². The summed E-state index contributed by atoms with van der Waals surface area (Å²) in [5.74, 6) is -0.603. The number of nitrogens with one attached hydrogen (secondary N) is 1. The van der Waals surface area contributed by atoms with Gasteiger partial charge in [-0.25, -0.2) is 4.39 Å². The van der Waals surface area contributed by atoms with Crippen LogP contribution in [0, 0.1) is 5.82 Å². The smallest absolute Gasteiger partial charge is 0.246 e. The molecule has 0 spiro atoms. The first-order valence-electron chi connectivity index (χ1n) is 6.48. The molecule has 108 valence electrons. The van der Waals surface area contributed by atoms with Crippen molar-refractivity contribution in [3.8, 4) is 0 Å². The van der Waals surface area contributed by atoms with Gasteiger partial charge in [0.1, 0.15) is 17.9 Å². The lowest BCUT2D eigenvalue weighted by atomic mass is 10.0. The van der Waals surface area contributed by atoms with Crippen molar-refractivity contribution in [1.82, 2.24) is 10.2 Å². The molecule has 1 aliphatic rings. The summed E-state index contributed by atoms with van der Waals surface area (Å²) in [6.45, 7) is 3.84. The summed E-state index contributed by atoms with van der Waals surface area (Å²) >= 11 is 3.12. The van der Waals surface area contributed by atoms with Gasteiger partial charge in [-0.2, -0.15) is 0 Å². The zero-order chi connectivity index (χ0) is 14.9. The van der Waals surface area contributed by atoms with Gasteiger partial charge in [0.15, 0.2) is 0 Å². The topological polar surface area (TPSA) is 49.4 Å². The van der Waals surface area contributed by atoms with Gasteiger partial charge in [-0.3, -0.25) is 9.59 Å². The molecule has 0 bridgehead atoms. The molecule has 2 rings (SSSR count). The van der Waals surface area contributed by atoms with Crippen LogP contribution >= 0.6 is 15.9 Å². The van der Waals surface area contributed by atoms with E-state index in [4.69, 9.17) is 0 Å². The second-order valence-electron chi connectivity index (χ2n) is 4.86. The summed E-state index contributed by atoms with van der Waals surface area (Å²) in [6, 6.07) is 3.60. The van der Waals surface area contributed by atoms with Crippen LogP contribution in [0.2, 0.25) is 0 Å². The molecule has 1 N–H and O–H groups in total. The van der Waals surface area contributed by atoms with Crippen molar-refractivity contribution in [3.05, 3.63) is 34.1 Å². The van der Waals surface area contributed by atoms with Crippen molar-refractivity contribution in [3.63, 3.8) is 0 Å². The van der Waals surface area contributed by atoms with E-state index in [-0.39, 0.29) is 17.6 Å². The van der Waals surface area contributed by atoms with Crippen molar-refractivity contribution in [2.24, 2.45) is 0 Å². The number of piperazine rings is 1. The molecule has 1 saturated heterocycles. The predicted molar refractivity (Wildman–Crippen MR) is 76.3 cm³/mol. The van der Waals surface area contributed by atoms with Crippen LogP contribution in [0.25, 0.3) is 0 Å². The molecule has 0 saturated carbocycles. The Balaban J connectivity index is 2.22. The first kappa shape index (κ1) is 15.0. The Morgan fingerprint density at radius 1 is 1.40 bits per heavy atom. The number of hydrogen-bond donors (Lipinski definition) is 1. The first-order chi connectivity index (χ1) is 9.43. The second-order valence-corrected chi connectivity index (χ2v) is 5.71. The zero-order valence-corrected chi connectivity index (χ0v) is 12.9. The van der Waals surface area contributed by atoms with Crippen LogP contribution in [-0.4, -0.2) is 28.8 Å². The lowest BCUT2D eigenvalue weighted by Gasteiger charge is -2.37. The predicted octanol–water partition coefficient (Wildman–Crippen LogP) is 2.21. The van der Waals surface area contributed by atoms with E-state index in [1.54, 1.807) is 19.1 Å². The number of amides is 2. The Morgan fingerprint density at radius 3 is 2.70 bits per heavy atom. The lowest BCUT2D eigenvalue weighted by Crippen LogP contribution is -2.61. The van der Waals surface area contributed by atoms with Crippen LogP contribution in [-0.2, 0) is 16.1 Å². The lowest BCUT2D eigenvalue weighted by molar-refractivity contribution is -0.149. The van der Waals surface area contributed by atoms with Gasteiger partial charge in [-0.1, -0.05) is 13.0 Å². The molecule has 2 amide bonds. The fraction of sp³-hybridized carbons (Fsp3) is 0.429. The molecule has 2 unspecified atom stereocenters. The van der Waals surface area contributed by atoms with Gasteiger partial charge >= 0.3 is 0 Å². The van der Waals surface area contributed by atoms with Crippen molar-refractivity contribution < 1.29 is 14.0 Å². The van der Waals surface area contributed by atoms with Gasteiger partial charge in [0.25, 0.3) is 0 Å². The highest BCUT2D eigenvalue weighted by molar-refractivity contribution is 9.10. The second kappa shape index (κ2) is 5.91. The van der Waals surface area contributed by atoms with Crippen molar-refractivity contribution in [1.29, 1.82) is 0 Å². The fourth-order valence-corrected chi connectivity index (χ4v) is 2.64. The normalized spacial score (nSPS) is 22.9. The molecule has 1 fully saturated rings. The average Bonchev–Trinajstić information content (AvgIpc) is 2.42. The molecule has 4 nitrogen and oxygen atoms in total. The van der Waals surface area contributed by atoms with Gasteiger partial charge in [0.05, 0.1) is 4.47 Å². The zero-order valence-electron chi connectivity index (χ0n) is 11.3. The third-order valence-electron chi connectivity index (χ3n) is 3.49. The summed E-state index contributed by atoms with van der Waals surface area (Å²) in [5.41, 5.74) is 0.781. The van der Waals surface area contributed by atoms with E-state index < -0.39 is 12.1 Å². The number of hydrogen-bond acceptors (Lipinski definition) is 2. The molecular weight excluding hydrogens is 327 g/mol. The Morgan fingerprint density at radius 2 is 2.10 bits per heavy atom. The molecule has 6 heteroatoms. The van der Waals surface area contributed by atoms with Crippen LogP contribution in [0.5, 0.6) is 0 Å². The number of carbonyl (C=O) groups excluding carboxylic acids is 2. The maximum Gasteiger partial charge on any atom is 0.246 e. The van der Waals surface area contributed by atoms with Crippen molar-refractivity contribution in [2.75, 3.05) is 0 Å². The summed E-state index contributed by atoms with van der Waals surface area (Å²) in [7, 11) is 0. The van der Waals surface area contributed by atoms with Crippen LogP contribution < -0.4 is 5.32 Å². The van der Waals surface area contributed by atoms with Crippen LogP contribution in [0.15, 0.2) is 22.7 Å². The third-order valence-corrected chi connectivity index (χ3v) is 4.10. The Bertz CT molecular complexity index is 550. The highest BCUT2D eigenvalue weighted by Crippen LogP contribution is 2.20. The minimum Gasteiger partial charge on any atom is -0.343 e. The average molecular weight is 343 g/mol. The van der Waals surface area contributed by atoms with Crippen molar-refractivity contribution >= 4 is 27.7 Å². The Hall–Kier alpha value is -1.43. The van der Waals surface area contributed by atoms with Crippen molar-refractivity contribution in [2.45, 2.75) is 38.9 Å². The molecule has 20 heavy (non-hydrogen) atoms. The molecule has 0 radical (unpaired) electrons. The first-order valence-corrected chi connectivity index (χ1v) is 7.28. The van der Waals surface area contributed by atoms with E-state index in [1.165, 1.54) is 11.0 Å². The largest absolute Gasteiger partial charge is 0.343 e. The number of rotatable bonds is 3. The van der Waals surface area contributed by atoms with E-state index in [0.29, 0.717) is 17.4 Å². The SMILES string of the molecule is CCC1NC(=O)C(C)N(Cc2ccc(F)c(Br)c2)C1=O. The maximum atomic E-state index is 13.2. The highest BCUT2D eigenvalue weighted by atomic mass is 79.9. The molecule has 1 aliphatic heterocycles. The standard InChI is InChI=1S/C14H16BrFN2O2/c1-3-12-14(20)18(8(2)13(19)17-12)7-9-4-5-11(16)10(15)6-9/h4-6,8,12H,3,7H2,1-2H3,(H,17,19). The number of carbonyl (C=O) groups is 2. The van der Waals surface area contributed by atoms with E-state index >= 15 is 0 Å². The highest BCUT2D eigenvalue weighted by Gasteiger charge is 2.36. The van der Waals surface area contributed by atoms with E-state index in [0.717, 1.165) is 5.56 Å². The quantitative estimate of drug-likeness (QED) is 0.915. The van der Waals surface area contributed by atoms with E-state index in [1.807, 2.05) is 6.92 Å². The summed E-state index contributed by atoms with van der Waals surface area (Å²) in [5, 5.41) is 2.70. The molecule has 1 aromatic rings. The minimum absolute atomic E-state index is 0.0972. The molecule has 1 heterocycles. The molecule has 0 aliphatic carbocycles. The minimum atomic E-state index is -0.519. The van der Waals surface area contributed by atoms with Gasteiger partial charge in [0, 0.05) is 6.54 Å². The van der Waals surface area contributed by atoms with E-state index in [9.17, 15) is 14.0 Å². The molecule has 0 aromatic heterocycles. The monoisotopic (exact) mass is 342 g/mol. The van der Waals surface area contributed by atoms with Gasteiger partial charge in [0.2, 0.25) is 11.8 Å². The molecular formula is C14H16BrFN2O2. The fourth-order valence-electron chi connectivity index (χ4n) is 2.21. The molecule has 1 aromatic carbocycles. The number of nitrogens with zero attached hydrogens (tertiary/aromatic N) is 1. The Kier molecular flexibility index (Phi) is 4.42. The Labute approximate surface area is 125 Å². The number of benzene rings is 1. The number of halogens is 2. The summed E-state index contributed by atoms with van der Waals surface area (Å²) < 4.78 is 13.6. The summed E-state index contributed by atoms with van der Waals surface area (Å²) in [4.78, 5) is 25.7.